The molecule has 1 aliphatic carbocycles. The summed E-state index contributed by atoms with van der Waals surface area (Å²) in [5.41, 5.74) is 1.58. The topological polar surface area (TPSA) is 29.1 Å². The molecule has 102 valence electrons. The molecule has 0 aromatic heterocycles. The number of benzene rings is 1. The first-order valence-electron chi connectivity index (χ1n) is 7.58. The number of hydrogen-bond acceptors (Lipinski definition) is 1. The Labute approximate surface area is 115 Å². The Morgan fingerprint density at radius 3 is 2.84 bits per heavy atom. The first-order chi connectivity index (χ1) is 9.24. The third-order valence-corrected chi connectivity index (χ3v) is 5.30. The van der Waals surface area contributed by atoms with Gasteiger partial charge >= 0.3 is 0 Å². The molecule has 1 N–H and O–H groups in total. The molecule has 1 aromatic rings. The van der Waals surface area contributed by atoms with E-state index in [4.69, 9.17) is 0 Å². The van der Waals surface area contributed by atoms with Gasteiger partial charge in [0.1, 0.15) is 0 Å². The summed E-state index contributed by atoms with van der Waals surface area (Å²) >= 11 is 0. The molecule has 2 aliphatic rings. The minimum absolute atomic E-state index is 0.238. The minimum Gasteiger partial charge on any atom is -0.352 e. The van der Waals surface area contributed by atoms with Crippen LogP contribution in [0.25, 0.3) is 0 Å². The Morgan fingerprint density at radius 2 is 2.11 bits per heavy atom. The fourth-order valence-corrected chi connectivity index (χ4v) is 4.39. The molecular formula is C17H23NO. The lowest BCUT2D eigenvalue weighted by molar-refractivity contribution is -0.119. The average molecular weight is 257 g/mol. The van der Waals surface area contributed by atoms with Crippen molar-refractivity contribution in [3.63, 3.8) is 0 Å². The zero-order valence-electron chi connectivity index (χ0n) is 11.7. The quantitative estimate of drug-likeness (QED) is 0.884. The summed E-state index contributed by atoms with van der Waals surface area (Å²) in [5, 5.41) is 3.26. The van der Waals surface area contributed by atoms with Gasteiger partial charge in [-0.1, -0.05) is 50.1 Å². The van der Waals surface area contributed by atoms with E-state index in [1.54, 1.807) is 0 Å². The fraction of sp³-hybridized carbons (Fsp3) is 0.588. The minimum atomic E-state index is 0.238. The van der Waals surface area contributed by atoms with Crippen LogP contribution in [-0.4, -0.2) is 11.9 Å². The van der Waals surface area contributed by atoms with Gasteiger partial charge in [0, 0.05) is 17.9 Å². The van der Waals surface area contributed by atoms with Crippen LogP contribution in [-0.2, 0) is 11.2 Å². The smallest absolute Gasteiger partial charge is 0.220 e. The van der Waals surface area contributed by atoms with Crippen LogP contribution in [0.4, 0.5) is 0 Å². The van der Waals surface area contributed by atoms with Crippen molar-refractivity contribution in [2.45, 2.75) is 51.5 Å². The van der Waals surface area contributed by atoms with E-state index in [-0.39, 0.29) is 11.3 Å². The maximum Gasteiger partial charge on any atom is 0.220 e. The summed E-state index contributed by atoms with van der Waals surface area (Å²) in [6.07, 6.45) is 6.77. The number of rotatable bonds is 3. The maximum atomic E-state index is 12.0. The van der Waals surface area contributed by atoms with Crippen molar-refractivity contribution in [1.82, 2.24) is 5.32 Å². The molecule has 1 heterocycles. The van der Waals surface area contributed by atoms with Crippen LogP contribution < -0.4 is 5.32 Å². The standard InChI is InChI=1S/C17H23NO/c1-2-14-9-6-10-17(14)12-16(19)18-15(17)11-13-7-4-3-5-8-13/h3-5,7-8,14-15H,2,6,9-12H2,1H3,(H,18,19). The zero-order valence-corrected chi connectivity index (χ0v) is 11.7. The molecule has 0 bridgehead atoms. The van der Waals surface area contributed by atoms with E-state index in [1.165, 1.54) is 31.2 Å². The Kier molecular flexibility index (Phi) is 3.34. The van der Waals surface area contributed by atoms with Crippen LogP contribution in [0.2, 0.25) is 0 Å². The number of amides is 1. The summed E-state index contributed by atoms with van der Waals surface area (Å²) in [4.78, 5) is 12.0. The number of carbonyl (C=O) groups excluding carboxylic acids is 1. The predicted octanol–water partition coefficient (Wildman–Crippen LogP) is 3.31. The highest BCUT2D eigenvalue weighted by Crippen LogP contribution is 2.53. The molecule has 1 amide bonds. The first kappa shape index (κ1) is 12.7. The fourth-order valence-electron chi connectivity index (χ4n) is 4.39. The Hall–Kier alpha value is -1.31. The molecular weight excluding hydrogens is 234 g/mol. The summed E-state index contributed by atoms with van der Waals surface area (Å²) in [5.74, 6) is 0.987. The number of hydrogen-bond donors (Lipinski definition) is 1. The molecule has 1 aromatic carbocycles. The highest BCUT2D eigenvalue weighted by molar-refractivity contribution is 5.80. The SMILES string of the molecule is CCC1CCCC12CC(=O)NC2Cc1ccccc1. The van der Waals surface area contributed by atoms with Crippen molar-refractivity contribution in [3.05, 3.63) is 35.9 Å². The number of carbonyl (C=O) groups is 1. The van der Waals surface area contributed by atoms with Crippen molar-refractivity contribution >= 4 is 5.91 Å². The van der Waals surface area contributed by atoms with Crippen LogP contribution in [0.15, 0.2) is 30.3 Å². The van der Waals surface area contributed by atoms with Crippen molar-refractivity contribution in [2.24, 2.45) is 11.3 Å². The van der Waals surface area contributed by atoms with Crippen LogP contribution in [0, 0.1) is 11.3 Å². The molecule has 1 aliphatic heterocycles. The molecule has 3 rings (SSSR count). The molecule has 1 saturated carbocycles. The van der Waals surface area contributed by atoms with E-state index >= 15 is 0 Å². The lowest BCUT2D eigenvalue weighted by Crippen LogP contribution is -2.41. The largest absolute Gasteiger partial charge is 0.352 e. The molecule has 1 spiro atoms. The second-order valence-electron chi connectivity index (χ2n) is 6.22. The van der Waals surface area contributed by atoms with Gasteiger partial charge in [0.25, 0.3) is 0 Å². The molecule has 1 saturated heterocycles. The third-order valence-electron chi connectivity index (χ3n) is 5.30. The van der Waals surface area contributed by atoms with E-state index in [2.05, 4.69) is 42.6 Å². The van der Waals surface area contributed by atoms with Crippen LogP contribution in [0.5, 0.6) is 0 Å². The van der Waals surface area contributed by atoms with Gasteiger partial charge < -0.3 is 5.32 Å². The molecule has 2 heteroatoms. The van der Waals surface area contributed by atoms with Crippen molar-refractivity contribution in [3.8, 4) is 0 Å². The van der Waals surface area contributed by atoms with E-state index in [0.29, 0.717) is 6.04 Å². The van der Waals surface area contributed by atoms with Gasteiger partial charge in [-0.05, 0) is 30.7 Å². The molecule has 0 radical (unpaired) electrons. The summed E-state index contributed by atoms with van der Waals surface area (Å²) in [6.45, 7) is 2.28. The normalized spacial score (nSPS) is 33.8. The first-order valence-corrected chi connectivity index (χ1v) is 7.58. The monoisotopic (exact) mass is 257 g/mol. The Morgan fingerprint density at radius 1 is 1.32 bits per heavy atom. The van der Waals surface area contributed by atoms with E-state index in [1.807, 2.05) is 0 Å². The third kappa shape index (κ3) is 2.18. The summed E-state index contributed by atoms with van der Waals surface area (Å²) in [7, 11) is 0. The summed E-state index contributed by atoms with van der Waals surface area (Å²) in [6, 6.07) is 10.9. The van der Waals surface area contributed by atoms with Gasteiger partial charge in [-0.2, -0.15) is 0 Å². The van der Waals surface area contributed by atoms with Gasteiger partial charge in [-0.3, -0.25) is 4.79 Å². The molecule has 2 nitrogen and oxygen atoms in total. The number of nitrogens with one attached hydrogen (secondary N) is 1. The average Bonchev–Trinajstić information content (AvgIpc) is 2.96. The van der Waals surface area contributed by atoms with Crippen LogP contribution >= 0.6 is 0 Å². The Bertz CT molecular complexity index is 456. The van der Waals surface area contributed by atoms with Crippen molar-refractivity contribution < 1.29 is 4.79 Å². The molecule has 3 atom stereocenters. The predicted molar refractivity (Wildman–Crippen MR) is 76.8 cm³/mol. The van der Waals surface area contributed by atoms with Gasteiger partial charge in [-0.25, -0.2) is 0 Å². The lowest BCUT2D eigenvalue weighted by Gasteiger charge is -2.36. The second-order valence-corrected chi connectivity index (χ2v) is 6.22. The highest BCUT2D eigenvalue weighted by atomic mass is 16.2. The van der Waals surface area contributed by atoms with Gasteiger partial charge in [0.15, 0.2) is 0 Å². The summed E-state index contributed by atoms with van der Waals surface area (Å²) < 4.78 is 0. The van der Waals surface area contributed by atoms with E-state index in [0.717, 1.165) is 18.8 Å². The molecule has 3 unspecified atom stereocenters. The second kappa shape index (κ2) is 4.99. The van der Waals surface area contributed by atoms with Gasteiger partial charge in [0.2, 0.25) is 5.91 Å². The van der Waals surface area contributed by atoms with Gasteiger partial charge in [-0.15, -0.1) is 0 Å². The molecule has 2 fully saturated rings. The van der Waals surface area contributed by atoms with Crippen molar-refractivity contribution in [1.29, 1.82) is 0 Å². The Balaban J connectivity index is 1.84. The highest BCUT2D eigenvalue weighted by Gasteiger charge is 2.52. The lowest BCUT2D eigenvalue weighted by atomic mass is 9.69. The van der Waals surface area contributed by atoms with Crippen LogP contribution in [0.1, 0.15) is 44.6 Å². The maximum absolute atomic E-state index is 12.0. The molecule has 19 heavy (non-hydrogen) atoms. The van der Waals surface area contributed by atoms with Gasteiger partial charge in [0.05, 0.1) is 0 Å². The van der Waals surface area contributed by atoms with E-state index < -0.39 is 0 Å². The van der Waals surface area contributed by atoms with Crippen molar-refractivity contribution in [2.75, 3.05) is 0 Å². The van der Waals surface area contributed by atoms with E-state index in [9.17, 15) is 4.79 Å². The zero-order chi connectivity index (χ0) is 13.3. The van der Waals surface area contributed by atoms with Crippen LogP contribution in [0.3, 0.4) is 0 Å².